The van der Waals surface area contributed by atoms with Crippen LogP contribution in [0.3, 0.4) is 0 Å². The molecule has 62 valence electrons. The second kappa shape index (κ2) is 4.13. The van der Waals surface area contributed by atoms with E-state index in [-0.39, 0.29) is 0 Å². The minimum atomic E-state index is -0.523. The Morgan fingerprint density at radius 3 is 3.09 bits per heavy atom. The van der Waals surface area contributed by atoms with Gasteiger partial charge in [-0.25, -0.2) is 4.98 Å². The van der Waals surface area contributed by atoms with Crippen LogP contribution in [0.4, 0.5) is 0 Å². The zero-order chi connectivity index (χ0) is 8.10. The highest BCUT2D eigenvalue weighted by Crippen LogP contribution is 2.16. The molecule has 1 heterocycles. The quantitative estimate of drug-likeness (QED) is 0.722. The molecule has 3 heteroatoms. The number of rotatable bonds is 4. The zero-order valence-electron chi connectivity index (χ0n) is 6.66. The number of hydrogen-bond acceptors (Lipinski definition) is 3. The standard InChI is InChI=1S/C8H13NO2/c1-2-3-4-7(10)8-9-5-6-11-8/h5-7,10H,2-4H2,1H3. The van der Waals surface area contributed by atoms with Crippen molar-refractivity contribution in [3.63, 3.8) is 0 Å². The summed E-state index contributed by atoms with van der Waals surface area (Å²) in [5.74, 6) is 0.429. The molecule has 0 aliphatic rings. The number of aromatic nitrogens is 1. The molecular formula is C8H13NO2. The van der Waals surface area contributed by atoms with E-state index in [9.17, 15) is 5.11 Å². The molecule has 0 bridgehead atoms. The predicted octanol–water partition coefficient (Wildman–Crippen LogP) is 1.90. The fraction of sp³-hybridized carbons (Fsp3) is 0.625. The molecule has 0 amide bonds. The maximum atomic E-state index is 9.38. The Bertz CT molecular complexity index is 184. The lowest BCUT2D eigenvalue weighted by Crippen LogP contribution is -1.96. The van der Waals surface area contributed by atoms with E-state index in [0.29, 0.717) is 5.89 Å². The number of hydrogen-bond donors (Lipinski definition) is 1. The summed E-state index contributed by atoms with van der Waals surface area (Å²) in [5.41, 5.74) is 0. The number of unbranched alkanes of at least 4 members (excludes halogenated alkanes) is 1. The summed E-state index contributed by atoms with van der Waals surface area (Å²) in [4.78, 5) is 3.85. The van der Waals surface area contributed by atoms with Crippen molar-refractivity contribution in [3.8, 4) is 0 Å². The first-order valence-corrected chi connectivity index (χ1v) is 3.92. The van der Waals surface area contributed by atoms with E-state index in [1.807, 2.05) is 0 Å². The van der Waals surface area contributed by atoms with Crippen molar-refractivity contribution in [2.75, 3.05) is 0 Å². The Balaban J connectivity index is 2.36. The Kier molecular flexibility index (Phi) is 3.11. The molecule has 11 heavy (non-hydrogen) atoms. The molecule has 3 nitrogen and oxygen atoms in total. The van der Waals surface area contributed by atoms with Crippen LogP contribution in [0.15, 0.2) is 16.9 Å². The molecule has 0 aliphatic heterocycles. The van der Waals surface area contributed by atoms with Crippen molar-refractivity contribution >= 4 is 0 Å². The van der Waals surface area contributed by atoms with Crippen LogP contribution < -0.4 is 0 Å². The first-order valence-electron chi connectivity index (χ1n) is 3.92. The average molecular weight is 155 g/mol. The van der Waals surface area contributed by atoms with E-state index in [4.69, 9.17) is 4.42 Å². The van der Waals surface area contributed by atoms with Crippen molar-refractivity contribution in [2.24, 2.45) is 0 Å². The van der Waals surface area contributed by atoms with E-state index in [1.54, 1.807) is 6.20 Å². The molecule has 0 saturated carbocycles. The summed E-state index contributed by atoms with van der Waals surface area (Å²) in [5, 5.41) is 9.38. The molecule has 0 fully saturated rings. The van der Waals surface area contributed by atoms with Crippen LogP contribution in [0, 0.1) is 0 Å². The van der Waals surface area contributed by atoms with E-state index in [0.717, 1.165) is 19.3 Å². The Morgan fingerprint density at radius 1 is 1.73 bits per heavy atom. The normalized spacial score (nSPS) is 13.3. The van der Waals surface area contributed by atoms with Crippen LogP contribution in [0.2, 0.25) is 0 Å². The SMILES string of the molecule is CCCCC(O)c1ncco1. The van der Waals surface area contributed by atoms with Gasteiger partial charge < -0.3 is 9.52 Å². The largest absolute Gasteiger partial charge is 0.446 e. The molecule has 0 aliphatic carbocycles. The van der Waals surface area contributed by atoms with E-state index < -0.39 is 6.10 Å². The summed E-state index contributed by atoms with van der Waals surface area (Å²) in [6.07, 6.45) is 5.32. The van der Waals surface area contributed by atoms with E-state index >= 15 is 0 Å². The van der Waals surface area contributed by atoms with Gasteiger partial charge in [-0.05, 0) is 6.42 Å². The molecule has 0 radical (unpaired) electrons. The fourth-order valence-electron chi connectivity index (χ4n) is 0.920. The predicted molar refractivity (Wildman–Crippen MR) is 41.0 cm³/mol. The van der Waals surface area contributed by atoms with Gasteiger partial charge in [0.25, 0.3) is 0 Å². The molecule has 0 saturated heterocycles. The van der Waals surface area contributed by atoms with Crippen molar-refractivity contribution in [3.05, 3.63) is 18.4 Å². The van der Waals surface area contributed by atoms with E-state index in [2.05, 4.69) is 11.9 Å². The molecule has 1 unspecified atom stereocenters. The fourth-order valence-corrected chi connectivity index (χ4v) is 0.920. The zero-order valence-corrected chi connectivity index (χ0v) is 6.66. The maximum absolute atomic E-state index is 9.38. The molecule has 1 N–H and O–H groups in total. The number of nitrogens with zero attached hydrogens (tertiary/aromatic N) is 1. The molecule has 0 spiro atoms. The maximum Gasteiger partial charge on any atom is 0.222 e. The average Bonchev–Trinajstić information content (AvgIpc) is 2.52. The van der Waals surface area contributed by atoms with Gasteiger partial charge in [-0.3, -0.25) is 0 Å². The van der Waals surface area contributed by atoms with Gasteiger partial charge in [0.15, 0.2) is 0 Å². The number of oxazole rings is 1. The van der Waals surface area contributed by atoms with Gasteiger partial charge in [-0.2, -0.15) is 0 Å². The lowest BCUT2D eigenvalue weighted by Gasteiger charge is -2.03. The third kappa shape index (κ3) is 2.35. The summed E-state index contributed by atoms with van der Waals surface area (Å²) < 4.78 is 4.93. The Labute approximate surface area is 66.1 Å². The van der Waals surface area contributed by atoms with Crippen molar-refractivity contribution in [2.45, 2.75) is 32.3 Å². The van der Waals surface area contributed by atoms with Crippen LogP contribution in [-0.2, 0) is 0 Å². The van der Waals surface area contributed by atoms with Crippen molar-refractivity contribution < 1.29 is 9.52 Å². The number of aliphatic hydroxyl groups excluding tert-OH is 1. The third-order valence-electron chi connectivity index (χ3n) is 1.57. The van der Waals surface area contributed by atoms with Gasteiger partial charge in [0.05, 0.1) is 6.20 Å². The van der Waals surface area contributed by atoms with Crippen molar-refractivity contribution in [1.29, 1.82) is 0 Å². The highest BCUT2D eigenvalue weighted by atomic mass is 16.4. The molecule has 1 rings (SSSR count). The summed E-state index contributed by atoms with van der Waals surface area (Å²) >= 11 is 0. The summed E-state index contributed by atoms with van der Waals surface area (Å²) in [6.45, 7) is 2.09. The second-order valence-electron chi connectivity index (χ2n) is 2.53. The van der Waals surface area contributed by atoms with Crippen LogP contribution in [-0.4, -0.2) is 10.1 Å². The van der Waals surface area contributed by atoms with Gasteiger partial charge in [-0.15, -0.1) is 0 Å². The lowest BCUT2D eigenvalue weighted by molar-refractivity contribution is 0.131. The Hall–Kier alpha value is -0.830. The van der Waals surface area contributed by atoms with Gasteiger partial charge in [0.2, 0.25) is 5.89 Å². The number of aliphatic hydroxyl groups is 1. The van der Waals surface area contributed by atoms with Gasteiger partial charge in [0, 0.05) is 0 Å². The van der Waals surface area contributed by atoms with Crippen LogP contribution in [0.5, 0.6) is 0 Å². The highest BCUT2D eigenvalue weighted by molar-refractivity contribution is 4.84. The van der Waals surface area contributed by atoms with Crippen LogP contribution >= 0.6 is 0 Å². The minimum absolute atomic E-state index is 0.429. The molecule has 0 aromatic carbocycles. The highest BCUT2D eigenvalue weighted by Gasteiger charge is 2.09. The molecule has 1 aromatic rings. The third-order valence-corrected chi connectivity index (χ3v) is 1.57. The first kappa shape index (κ1) is 8.27. The molecule has 1 aromatic heterocycles. The monoisotopic (exact) mass is 155 g/mol. The van der Waals surface area contributed by atoms with Crippen molar-refractivity contribution in [1.82, 2.24) is 4.98 Å². The summed E-state index contributed by atoms with van der Waals surface area (Å²) in [7, 11) is 0. The van der Waals surface area contributed by atoms with Gasteiger partial charge >= 0.3 is 0 Å². The van der Waals surface area contributed by atoms with Crippen LogP contribution in [0.25, 0.3) is 0 Å². The first-order chi connectivity index (χ1) is 5.34. The minimum Gasteiger partial charge on any atom is -0.446 e. The van der Waals surface area contributed by atoms with Gasteiger partial charge in [-0.1, -0.05) is 19.8 Å². The Morgan fingerprint density at radius 2 is 2.55 bits per heavy atom. The lowest BCUT2D eigenvalue weighted by atomic mass is 10.2. The second-order valence-corrected chi connectivity index (χ2v) is 2.53. The smallest absolute Gasteiger partial charge is 0.222 e. The molecule has 1 atom stereocenters. The summed E-state index contributed by atoms with van der Waals surface area (Å²) in [6, 6.07) is 0. The topological polar surface area (TPSA) is 46.3 Å². The van der Waals surface area contributed by atoms with E-state index in [1.165, 1.54) is 6.26 Å². The van der Waals surface area contributed by atoms with Crippen LogP contribution in [0.1, 0.15) is 38.2 Å². The molecular weight excluding hydrogens is 142 g/mol. The van der Waals surface area contributed by atoms with Gasteiger partial charge in [0.1, 0.15) is 12.4 Å².